The van der Waals surface area contributed by atoms with Crippen molar-refractivity contribution in [3.8, 4) is 0 Å². The van der Waals surface area contributed by atoms with E-state index >= 15 is 0 Å². The second-order valence-electron chi connectivity index (χ2n) is 10.4. The van der Waals surface area contributed by atoms with Crippen molar-refractivity contribution in [2.45, 2.75) is 50.9 Å². The molecule has 0 radical (unpaired) electrons. The third-order valence-corrected chi connectivity index (χ3v) is 12.1. The lowest BCUT2D eigenvalue weighted by Gasteiger charge is -2.42. The van der Waals surface area contributed by atoms with Crippen LogP contribution >= 0.6 is 0 Å². The Hall–Kier alpha value is -3.31. The van der Waals surface area contributed by atoms with Gasteiger partial charge >= 0.3 is 0 Å². The van der Waals surface area contributed by atoms with Crippen molar-refractivity contribution in [2.24, 2.45) is 0 Å². The summed E-state index contributed by atoms with van der Waals surface area (Å²) in [6.07, 6.45) is 2.49. The molecule has 4 rings (SSSR count). The standard InChI is InChI=1S/C33H37NO2Si/c1-33(2,37(36,31-19-11-5-12-20-31)32-21-13-6-14-22-32)24-23-30(27-35)34(25-28-15-7-3-8-16-28)26-29-17-9-4-10-18-29/h3-22,27,30,36H,23-26H2,1-2H3/t30-/m0/s1. The summed E-state index contributed by atoms with van der Waals surface area (Å²) in [7, 11) is -3.13. The van der Waals surface area contributed by atoms with Crippen molar-refractivity contribution in [1.82, 2.24) is 4.90 Å². The van der Waals surface area contributed by atoms with Gasteiger partial charge in [0.15, 0.2) is 0 Å². The van der Waals surface area contributed by atoms with Gasteiger partial charge in [0.25, 0.3) is 8.32 Å². The molecule has 37 heavy (non-hydrogen) atoms. The van der Waals surface area contributed by atoms with Crippen LogP contribution in [0.5, 0.6) is 0 Å². The zero-order chi connectivity index (χ0) is 26.1. The smallest absolute Gasteiger partial charge is 0.258 e. The van der Waals surface area contributed by atoms with Gasteiger partial charge in [-0.15, -0.1) is 0 Å². The zero-order valence-electron chi connectivity index (χ0n) is 21.8. The van der Waals surface area contributed by atoms with E-state index in [1.807, 2.05) is 72.8 Å². The monoisotopic (exact) mass is 507 g/mol. The minimum Gasteiger partial charge on any atom is -0.424 e. The van der Waals surface area contributed by atoms with Crippen LogP contribution in [0.2, 0.25) is 5.04 Å². The normalized spacial score (nSPS) is 12.9. The molecule has 0 saturated carbocycles. The van der Waals surface area contributed by atoms with Crippen LogP contribution in [0.25, 0.3) is 0 Å². The Labute approximate surface area is 222 Å². The Morgan fingerprint density at radius 1 is 0.703 bits per heavy atom. The Bertz CT molecular complexity index is 1150. The van der Waals surface area contributed by atoms with E-state index in [9.17, 15) is 9.59 Å². The van der Waals surface area contributed by atoms with E-state index in [0.29, 0.717) is 19.5 Å². The van der Waals surface area contributed by atoms with Crippen LogP contribution in [-0.4, -0.2) is 30.3 Å². The molecular weight excluding hydrogens is 470 g/mol. The maximum atomic E-state index is 12.5. The van der Waals surface area contributed by atoms with Gasteiger partial charge in [0.2, 0.25) is 0 Å². The van der Waals surface area contributed by atoms with Crippen LogP contribution in [-0.2, 0) is 17.9 Å². The van der Waals surface area contributed by atoms with E-state index in [1.54, 1.807) is 0 Å². The Morgan fingerprint density at radius 2 is 1.08 bits per heavy atom. The van der Waals surface area contributed by atoms with Gasteiger partial charge in [-0.25, -0.2) is 0 Å². The third kappa shape index (κ3) is 6.34. The second-order valence-corrected chi connectivity index (χ2v) is 14.4. The first-order valence-corrected chi connectivity index (χ1v) is 15.0. The topological polar surface area (TPSA) is 40.5 Å². The summed E-state index contributed by atoms with van der Waals surface area (Å²) in [6.45, 7) is 5.72. The molecule has 3 nitrogen and oxygen atoms in total. The van der Waals surface area contributed by atoms with Gasteiger partial charge in [-0.05, 0) is 39.4 Å². The lowest BCUT2D eigenvalue weighted by atomic mass is 10.0. The molecule has 1 N–H and O–H groups in total. The van der Waals surface area contributed by atoms with E-state index in [2.05, 4.69) is 67.3 Å². The maximum Gasteiger partial charge on any atom is 0.258 e. The minimum absolute atomic E-state index is 0.260. The highest BCUT2D eigenvalue weighted by molar-refractivity contribution is 6.98. The van der Waals surface area contributed by atoms with Crippen LogP contribution in [0.1, 0.15) is 37.8 Å². The SMILES string of the molecule is CC(C)(CC[C@@H](C=O)N(Cc1ccccc1)Cc1ccccc1)[Si](O)(c1ccccc1)c1ccccc1. The van der Waals surface area contributed by atoms with Crippen LogP contribution in [0, 0.1) is 0 Å². The molecule has 0 heterocycles. The molecule has 0 amide bonds. The molecule has 0 unspecified atom stereocenters. The molecule has 0 aliphatic rings. The number of benzene rings is 4. The van der Waals surface area contributed by atoms with Crippen LogP contribution < -0.4 is 10.4 Å². The van der Waals surface area contributed by atoms with Crippen molar-refractivity contribution < 1.29 is 9.59 Å². The van der Waals surface area contributed by atoms with Crippen molar-refractivity contribution >= 4 is 25.0 Å². The largest absolute Gasteiger partial charge is 0.424 e. The molecule has 4 aromatic carbocycles. The fourth-order valence-corrected chi connectivity index (χ4v) is 9.01. The number of rotatable bonds is 12. The van der Waals surface area contributed by atoms with Crippen LogP contribution in [0.15, 0.2) is 121 Å². The summed E-state index contributed by atoms with van der Waals surface area (Å²) in [5.74, 6) is 0. The fourth-order valence-electron chi connectivity index (χ4n) is 5.26. The zero-order valence-corrected chi connectivity index (χ0v) is 22.8. The van der Waals surface area contributed by atoms with E-state index < -0.39 is 13.4 Å². The summed E-state index contributed by atoms with van der Waals surface area (Å²) in [4.78, 5) is 27.3. The van der Waals surface area contributed by atoms with Gasteiger partial charge in [-0.3, -0.25) is 4.90 Å². The van der Waals surface area contributed by atoms with E-state index in [-0.39, 0.29) is 6.04 Å². The summed E-state index contributed by atoms with van der Waals surface area (Å²) in [5.41, 5.74) is 2.37. The predicted molar refractivity (Wildman–Crippen MR) is 155 cm³/mol. The molecule has 4 heteroatoms. The van der Waals surface area contributed by atoms with Gasteiger partial charge in [0.1, 0.15) is 6.29 Å². The van der Waals surface area contributed by atoms with Crippen molar-refractivity contribution in [1.29, 1.82) is 0 Å². The number of carbonyl (C=O) groups is 1. The fraction of sp³-hybridized carbons (Fsp3) is 0.242. The van der Waals surface area contributed by atoms with E-state index in [1.165, 1.54) is 11.1 Å². The highest BCUT2D eigenvalue weighted by Gasteiger charge is 2.49. The molecule has 0 spiro atoms. The second kappa shape index (κ2) is 12.3. The summed E-state index contributed by atoms with van der Waals surface area (Å²) in [5, 5.41) is 1.60. The average molecular weight is 508 g/mol. The van der Waals surface area contributed by atoms with Gasteiger partial charge < -0.3 is 9.59 Å². The number of hydrogen-bond acceptors (Lipinski definition) is 3. The van der Waals surface area contributed by atoms with E-state index in [0.717, 1.165) is 23.1 Å². The molecular formula is C33H37NO2Si. The first kappa shape index (κ1) is 26.7. The minimum atomic E-state index is -3.13. The Kier molecular flexibility index (Phi) is 8.88. The number of nitrogens with zero attached hydrogens (tertiary/aromatic N) is 1. The first-order valence-electron chi connectivity index (χ1n) is 13.0. The average Bonchev–Trinajstić information content (AvgIpc) is 2.95. The summed E-state index contributed by atoms with van der Waals surface area (Å²) < 4.78 is 0. The number of aldehydes is 1. The highest BCUT2D eigenvalue weighted by atomic mass is 28.4. The molecule has 0 fully saturated rings. The van der Waals surface area contributed by atoms with Gasteiger partial charge in [-0.2, -0.15) is 0 Å². The maximum absolute atomic E-state index is 12.5. The summed E-state index contributed by atoms with van der Waals surface area (Å²) in [6, 6.07) is 40.6. The summed E-state index contributed by atoms with van der Waals surface area (Å²) >= 11 is 0. The lowest BCUT2D eigenvalue weighted by molar-refractivity contribution is -0.113. The molecule has 0 aliphatic carbocycles. The van der Waals surface area contributed by atoms with Crippen molar-refractivity contribution in [3.63, 3.8) is 0 Å². The van der Waals surface area contributed by atoms with Crippen LogP contribution in [0.4, 0.5) is 0 Å². The third-order valence-electron chi connectivity index (χ3n) is 7.51. The quantitative estimate of drug-likeness (QED) is 0.201. The Morgan fingerprint density at radius 3 is 1.46 bits per heavy atom. The molecule has 1 atom stereocenters. The number of carbonyl (C=O) groups excluding carboxylic acids is 1. The molecule has 0 aliphatic heterocycles. The molecule has 0 bridgehead atoms. The van der Waals surface area contributed by atoms with Crippen LogP contribution in [0.3, 0.4) is 0 Å². The number of hydrogen-bond donors (Lipinski definition) is 1. The van der Waals surface area contributed by atoms with Crippen molar-refractivity contribution in [3.05, 3.63) is 132 Å². The molecule has 0 aromatic heterocycles. The van der Waals surface area contributed by atoms with Crippen molar-refractivity contribution in [2.75, 3.05) is 0 Å². The van der Waals surface area contributed by atoms with Gasteiger partial charge in [0.05, 0.1) is 6.04 Å². The van der Waals surface area contributed by atoms with Gasteiger partial charge in [-0.1, -0.05) is 135 Å². The highest BCUT2D eigenvalue weighted by Crippen LogP contribution is 2.40. The molecule has 4 aromatic rings. The predicted octanol–water partition coefficient (Wildman–Crippen LogP) is 5.57. The molecule has 190 valence electrons. The van der Waals surface area contributed by atoms with Gasteiger partial charge in [0, 0.05) is 13.1 Å². The van der Waals surface area contributed by atoms with E-state index in [4.69, 9.17) is 0 Å². The Balaban J connectivity index is 1.61. The molecule has 0 saturated heterocycles. The lowest BCUT2D eigenvalue weighted by Crippen LogP contribution is -2.65. The first-order chi connectivity index (χ1) is 17.9.